The van der Waals surface area contributed by atoms with Crippen LogP contribution in [0.5, 0.6) is 11.5 Å². The minimum absolute atomic E-state index is 0.0183. The van der Waals surface area contributed by atoms with Gasteiger partial charge in [-0.3, -0.25) is 34.3 Å². The molecule has 9 rings (SSSR count). The number of phenols is 1. The summed E-state index contributed by atoms with van der Waals surface area (Å²) in [7, 11) is 0. The number of hydrogen-bond acceptors (Lipinski definition) is 8. The van der Waals surface area contributed by atoms with Crippen LogP contribution >= 0.6 is 0 Å². The topological polar surface area (TPSA) is 119 Å². The predicted octanol–water partition coefficient (Wildman–Crippen LogP) is 7.19. The Hall–Kier alpha value is -5.48. The number of aromatic hydroxyl groups is 1. The van der Waals surface area contributed by atoms with Gasteiger partial charge in [0.1, 0.15) is 23.6 Å². The molecule has 2 N–H and O–H groups in total. The number of fused-ring (bicyclic) bond motifs is 2. The molecular formula is C48H52N4O6. The Balaban J connectivity index is 0.789. The molecule has 3 unspecified atom stereocenters. The fourth-order valence-corrected chi connectivity index (χ4v) is 10.2. The van der Waals surface area contributed by atoms with Gasteiger partial charge >= 0.3 is 0 Å². The summed E-state index contributed by atoms with van der Waals surface area (Å²) in [5, 5.41) is 12.5. The first kappa shape index (κ1) is 38.1. The highest BCUT2D eigenvalue weighted by Crippen LogP contribution is 2.47. The van der Waals surface area contributed by atoms with Crippen molar-refractivity contribution in [3.63, 3.8) is 0 Å². The quantitative estimate of drug-likeness (QED) is 0.163. The third-order valence-corrected chi connectivity index (χ3v) is 13.4. The molecule has 4 amide bonds. The Morgan fingerprint density at radius 1 is 0.793 bits per heavy atom. The van der Waals surface area contributed by atoms with Gasteiger partial charge in [-0.2, -0.15) is 0 Å². The number of carbonyl (C=O) groups excluding carboxylic acids is 4. The van der Waals surface area contributed by atoms with E-state index in [0.29, 0.717) is 35.4 Å². The Kier molecular flexibility index (Phi) is 10.3. The largest absolute Gasteiger partial charge is 0.508 e. The number of rotatable bonds is 10. The average molecular weight is 781 g/mol. The van der Waals surface area contributed by atoms with E-state index in [0.717, 1.165) is 63.1 Å². The lowest BCUT2D eigenvalue weighted by molar-refractivity contribution is -0.136. The second-order valence-electron chi connectivity index (χ2n) is 17.2. The minimum Gasteiger partial charge on any atom is -0.508 e. The summed E-state index contributed by atoms with van der Waals surface area (Å²) >= 11 is 0. The van der Waals surface area contributed by atoms with Crippen LogP contribution in [0.4, 0.5) is 5.69 Å². The smallest absolute Gasteiger partial charge is 0.262 e. The molecule has 0 aromatic heterocycles. The Labute approximate surface area is 340 Å². The SMILES string of the molecule is CC(C)N(CC1CCN(c2ccc(C3c4ccc(O)cc4CCC3c3ccccc3)cc2)CC1)[C@H]1C[C@H](Oc2ccc3c(c2)C(=O)N(C2CCC(=O)NC2=O)C3=O)C1. The third kappa shape index (κ3) is 7.27. The molecule has 2 saturated heterocycles. The number of amides is 4. The van der Waals surface area contributed by atoms with Crippen molar-refractivity contribution in [1.82, 2.24) is 15.1 Å². The number of nitrogens with zero attached hydrogens (tertiary/aromatic N) is 3. The fourth-order valence-electron chi connectivity index (χ4n) is 10.2. The van der Waals surface area contributed by atoms with E-state index in [1.807, 2.05) is 12.1 Å². The summed E-state index contributed by atoms with van der Waals surface area (Å²) in [6.07, 6.45) is 6.33. The van der Waals surface area contributed by atoms with Gasteiger partial charge in [-0.1, -0.05) is 48.5 Å². The third-order valence-electron chi connectivity index (χ3n) is 13.4. The first-order chi connectivity index (χ1) is 28.1. The summed E-state index contributed by atoms with van der Waals surface area (Å²) in [5.74, 6) is 0.0896. The van der Waals surface area contributed by atoms with E-state index in [2.05, 4.69) is 89.6 Å². The van der Waals surface area contributed by atoms with Gasteiger partial charge in [0.05, 0.1) is 11.1 Å². The molecule has 5 aliphatic rings. The zero-order valence-electron chi connectivity index (χ0n) is 33.3. The van der Waals surface area contributed by atoms with Crippen LogP contribution in [0.2, 0.25) is 0 Å². The number of hydrogen-bond donors (Lipinski definition) is 2. The van der Waals surface area contributed by atoms with Crippen molar-refractivity contribution in [1.29, 1.82) is 0 Å². The minimum atomic E-state index is -0.986. The average Bonchev–Trinajstić information content (AvgIpc) is 3.46. The molecular weight excluding hydrogens is 729 g/mol. The van der Waals surface area contributed by atoms with Gasteiger partial charge in [-0.05, 0) is 123 Å². The zero-order valence-corrected chi connectivity index (χ0v) is 33.3. The zero-order chi connectivity index (χ0) is 40.1. The molecule has 0 radical (unpaired) electrons. The maximum Gasteiger partial charge on any atom is 0.262 e. The molecule has 2 aliphatic carbocycles. The molecule has 10 heteroatoms. The molecule has 3 aliphatic heterocycles. The molecule has 0 spiro atoms. The first-order valence-electron chi connectivity index (χ1n) is 21.1. The van der Waals surface area contributed by atoms with E-state index in [1.165, 1.54) is 27.9 Å². The number of ether oxygens (including phenoxy) is 1. The summed E-state index contributed by atoms with van der Waals surface area (Å²) in [4.78, 5) is 56.7. The van der Waals surface area contributed by atoms with E-state index in [4.69, 9.17) is 4.74 Å². The summed E-state index contributed by atoms with van der Waals surface area (Å²) in [5.41, 5.74) is 7.04. The lowest BCUT2D eigenvalue weighted by Crippen LogP contribution is -2.54. The molecule has 58 heavy (non-hydrogen) atoms. The molecule has 1 saturated carbocycles. The standard InChI is InChI=1S/C48H52N4O6/c1-29(2)51(35-25-38(26-35)58-37-14-17-41-42(27-37)48(57)52(47(41)56)43-18-19-44(54)49-46(43)55)28-30-20-22-50(23-21-30)34-11-8-32(9-12-34)45-39(31-6-4-3-5-7-31)15-10-33-24-36(53)13-16-40(33)45/h3-9,11-14,16-17,24,27,29-30,35,38-39,43,45,53H,10,15,18-23,25-26,28H2,1-2H3,(H,49,54,55)/t35-,38-,39?,43?,45?. The van der Waals surface area contributed by atoms with Crippen LogP contribution < -0.4 is 15.0 Å². The summed E-state index contributed by atoms with van der Waals surface area (Å²) < 4.78 is 6.34. The molecule has 3 atom stereocenters. The number of nitrogens with one attached hydrogen (secondary N) is 1. The molecule has 10 nitrogen and oxygen atoms in total. The summed E-state index contributed by atoms with van der Waals surface area (Å²) in [6, 6.07) is 30.9. The van der Waals surface area contributed by atoms with Crippen LogP contribution in [0.15, 0.2) is 91.0 Å². The monoisotopic (exact) mass is 780 g/mol. The van der Waals surface area contributed by atoms with Gasteiger partial charge in [0.2, 0.25) is 11.8 Å². The van der Waals surface area contributed by atoms with Crippen LogP contribution in [-0.2, 0) is 16.0 Å². The van der Waals surface area contributed by atoms with Crippen molar-refractivity contribution >= 4 is 29.3 Å². The van der Waals surface area contributed by atoms with Crippen LogP contribution in [0, 0.1) is 5.92 Å². The predicted molar refractivity (Wildman–Crippen MR) is 221 cm³/mol. The number of phenolic OH excluding ortho intramolecular Hbond substituents is 1. The van der Waals surface area contributed by atoms with Gasteiger partial charge in [-0.15, -0.1) is 0 Å². The van der Waals surface area contributed by atoms with Gasteiger partial charge in [0.15, 0.2) is 0 Å². The highest BCUT2D eigenvalue weighted by molar-refractivity contribution is 6.23. The Morgan fingerprint density at radius 3 is 2.26 bits per heavy atom. The van der Waals surface area contributed by atoms with Crippen LogP contribution in [-0.4, -0.2) is 82.4 Å². The number of carbonyl (C=O) groups is 4. The van der Waals surface area contributed by atoms with Crippen molar-refractivity contribution in [2.24, 2.45) is 5.92 Å². The highest BCUT2D eigenvalue weighted by Gasteiger charge is 2.45. The van der Waals surface area contributed by atoms with Crippen molar-refractivity contribution in [2.45, 2.75) is 101 Å². The maximum atomic E-state index is 13.3. The van der Waals surface area contributed by atoms with E-state index in [1.54, 1.807) is 18.2 Å². The first-order valence-corrected chi connectivity index (χ1v) is 21.1. The van der Waals surface area contributed by atoms with E-state index >= 15 is 0 Å². The van der Waals surface area contributed by atoms with E-state index in [-0.39, 0.29) is 36.0 Å². The van der Waals surface area contributed by atoms with Gasteiger partial charge in [0, 0.05) is 62.6 Å². The number of imide groups is 2. The maximum absolute atomic E-state index is 13.3. The second-order valence-corrected chi connectivity index (χ2v) is 17.2. The lowest BCUT2D eigenvalue weighted by atomic mass is 9.69. The highest BCUT2D eigenvalue weighted by atomic mass is 16.5. The molecule has 300 valence electrons. The van der Waals surface area contributed by atoms with Crippen LogP contribution in [0.1, 0.15) is 114 Å². The van der Waals surface area contributed by atoms with Crippen molar-refractivity contribution in [3.8, 4) is 11.5 Å². The summed E-state index contributed by atoms with van der Waals surface area (Å²) in [6.45, 7) is 7.68. The normalized spacial score (nSPS) is 24.8. The molecule has 0 bridgehead atoms. The number of aryl methyl sites for hydroxylation is 1. The number of piperidine rings is 2. The van der Waals surface area contributed by atoms with Gasteiger partial charge < -0.3 is 14.7 Å². The van der Waals surface area contributed by atoms with Crippen LogP contribution in [0.3, 0.4) is 0 Å². The fraction of sp³-hybridized carbons (Fsp3) is 0.417. The van der Waals surface area contributed by atoms with E-state index in [9.17, 15) is 24.3 Å². The Morgan fingerprint density at radius 2 is 1.53 bits per heavy atom. The van der Waals surface area contributed by atoms with Crippen LogP contribution in [0.25, 0.3) is 0 Å². The number of anilines is 1. The molecule has 3 heterocycles. The molecule has 3 fully saturated rings. The van der Waals surface area contributed by atoms with Gasteiger partial charge in [0.25, 0.3) is 11.8 Å². The second kappa shape index (κ2) is 15.7. The van der Waals surface area contributed by atoms with Gasteiger partial charge in [-0.25, -0.2) is 0 Å². The Bertz CT molecular complexity index is 2210. The molecule has 4 aromatic carbocycles. The van der Waals surface area contributed by atoms with Crippen molar-refractivity contribution in [3.05, 3.63) is 124 Å². The lowest BCUT2D eigenvalue weighted by Gasteiger charge is -2.46. The van der Waals surface area contributed by atoms with E-state index < -0.39 is 29.7 Å². The van der Waals surface area contributed by atoms with Crippen molar-refractivity contribution < 1.29 is 29.0 Å². The van der Waals surface area contributed by atoms with Crippen molar-refractivity contribution in [2.75, 3.05) is 24.5 Å². The molecule has 4 aromatic rings. The number of benzene rings is 4.